The van der Waals surface area contributed by atoms with E-state index in [9.17, 15) is 4.79 Å². The minimum absolute atomic E-state index is 0.119. The maximum atomic E-state index is 13.5. The molecule has 0 amide bonds. The van der Waals surface area contributed by atoms with Gasteiger partial charge in [0.2, 0.25) is 0 Å². The Kier molecular flexibility index (Phi) is 6.96. The number of pyridine rings is 1. The van der Waals surface area contributed by atoms with Crippen molar-refractivity contribution in [2.45, 2.75) is 6.92 Å². The standard InChI is InChI=1S/C27H21Br2NO3/c1-16-25(23(31)12-9-17-13-21(29)27(33-3)24(14-17)32-2)26(18-7-5-4-6-8-18)20-15-19(28)10-11-22(20)30-16/h4-15H,1-3H3/b12-9-. The highest BCUT2D eigenvalue weighted by Gasteiger charge is 2.19. The van der Waals surface area contributed by atoms with Crippen LogP contribution in [0.1, 0.15) is 21.6 Å². The van der Waals surface area contributed by atoms with Crippen LogP contribution in [0.25, 0.3) is 28.1 Å². The number of hydrogen-bond donors (Lipinski definition) is 0. The quantitative estimate of drug-likeness (QED) is 0.178. The number of aryl methyl sites for hydroxylation is 1. The zero-order valence-electron chi connectivity index (χ0n) is 18.4. The van der Waals surface area contributed by atoms with Crippen LogP contribution in [-0.2, 0) is 0 Å². The molecule has 0 unspecified atom stereocenters. The Labute approximate surface area is 209 Å². The predicted molar refractivity (Wildman–Crippen MR) is 140 cm³/mol. The second-order valence-corrected chi connectivity index (χ2v) is 9.18. The molecule has 4 nitrogen and oxygen atoms in total. The lowest BCUT2D eigenvalue weighted by Crippen LogP contribution is -2.05. The molecule has 0 spiro atoms. The lowest BCUT2D eigenvalue weighted by molar-refractivity contribution is 0.104. The molecule has 0 aliphatic rings. The van der Waals surface area contributed by atoms with Gasteiger partial charge in [-0.15, -0.1) is 0 Å². The Morgan fingerprint density at radius 3 is 2.42 bits per heavy atom. The first-order chi connectivity index (χ1) is 15.9. The van der Waals surface area contributed by atoms with E-state index in [1.54, 1.807) is 26.4 Å². The van der Waals surface area contributed by atoms with E-state index in [4.69, 9.17) is 14.5 Å². The van der Waals surface area contributed by atoms with Gasteiger partial charge in [-0.05, 0) is 70.4 Å². The number of rotatable bonds is 6. The van der Waals surface area contributed by atoms with E-state index in [0.717, 1.165) is 36.5 Å². The van der Waals surface area contributed by atoms with Gasteiger partial charge >= 0.3 is 0 Å². The van der Waals surface area contributed by atoms with Crippen molar-refractivity contribution in [2.24, 2.45) is 0 Å². The van der Waals surface area contributed by atoms with E-state index in [-0.39, 0.29) is 5.78 Å². The molecule has 0 saturated carbocycles. The molecule has 6 heteroatoms. The number of aromatic nitrogens is 1. The van der Waals surface area contributed by atoms with E-state index >= 15 is 0 Å². The number of benzene rings is 3. The van der Waals surface area contributed by atoms with Gasteiger partial charge in [0.15, 0.2) is 17.3 Å². The fourth-order valence-corrected chi connectivity index (χ4v) is 4.84. The fourth-order valence-electron chi connectivity index (χ4n) is 3.85. The van der Waals surface area contributed by atoms with Gasteiger partial charge in [0, 0.05) is 21.1 Å². The molecule has 4 aromatic rings. The molecule has 0 fully saturated rings. The van der Waals surface area contributed by atoms with Crippen LogP contribution < -0.4 is 9.47 Å². The first kappa shape index (κ1) is 23.2. The number of allylic oxidation sites excluding steroid dienone is 1. The third kappa shape index (κ3) is 4.72. The predicted octanol–water partition coefficient (Wildman–Crippen LogP) is 7.65. The van der Waals surface area contributed by atoms with Crippen molar-refractivity contribution >= 4 is 54.6 Å². The molecular weight excluding hydrogens is 546 g/mol. The topological polar surface area (TPSA) is 48.4 Å². The number of ether oxygens (including phenoxy) is 2. The SMILES string of the molecule is COc1cc(/C=C\C(=O)c2c(C)nc3ccc(Br)cc3c2-c2ccccc2)cc(Br)c1OC. The van der Waals surface area contributed by atoms with E-state index in [1.165, 1.54) is 0 Å². The van der Waals surface area contributed by atoms with Crippen LogP contribution in [0.4, 0.5) is 0 Å². The molecule has 4 rings (SSSR count). The molecule has 0 N–H and O–H groups in total. The van der Waals surface area contributed by atoms with Crippen molar-refractivity contribution in [1.82, 2.24) is 4.98 Å². The van der Waals surface area contributed by atoms with Gasteiger partial charge in [0.25, 0.3) is 0 Å². The molecule has 0 saturated heterocycles. The Hall–Kier alpha value is -2.96. The van der Waals surface area contributed by atoms with Crippen molar-refractivity contribution in [2.75, 3.05) is 14.2 Å². The number of halogens is 2. The van der Waals surface area contributed by atoms with E-state index in [1.807, 2.05) is 67.6 Å². The van der Waals surface area contributed by atoms with E-state index < -0.39 is 0 Å². The highest BCUT2D eigenvalue weighted by atomic mass is 79.9. The van der Waals surface area contributed by atoms with Crippen LogP contribution in [0.2, 0.25) is 0 Å². The first-order valence-electron chi connectivity index (χ1n) is 10.2. The molecule has 166 valence electrons. The minimum Gasteiger partial charge on any atom is -0.493 e. The molecule has 3 aromatic carbocycles. The average Bonchev–Trinajstić information content (AvgIpc) is 2.82. The summed E-state index contributed by atoms with van der Waals surface area (Å²) in [6.45, 7) is 1.88. The first-order valence-corrected chi connectivity index (χ1v) is 11.8. The van der Waals surface area contributed by atoms with E-state index in [2.05, 4.69) is 31.9 Å². The van der Waals surface area contributed by atoms with Crippen molar-refractivity contribution in [3.05, 3.63) is 92.5 Å². The molecule has 0 atom stereocenters. The lowest BCUT2D eigenvalue weighted by atomic mass is 9.92. The number of methoxy groups -OCH3 is 2. The maximum absolute atomic E-state index is 13.5. The van der Waals surface area contributed by atoms with Gasteiger partial charge in [-0.2, -0.15) is 0 Å². The van der Waals surface area contributed by atoms with Crippen LogP contribution in [0.15, 0.2) is 75.7 Å². The number of carbonyl (C=O) groups excluding carboxylic acids is 1. The van der Waals surface area contributed by atoms with Crippen molar-refractivity contribution in [1.29, 1.82) is 0 Å². The lowest BCUT2D eigenvalue weighted by Gasteiger charge is -2.14. The maximum Gasteiger partial charge on any atom is 0.188 e. The molecule has 1 heterocycles. The fraction of sp³-hybridized carbons (Fsp3) is 0.111. The Bertz CT molecular complexity index is 1380. The second kappa shape index (κ2) is 9.89. The normalized spacial score (nSPS) is 11.2. The summed E-state index contributed by atoms with van der Waals surface area (Å²) in [6.07, 6.45) is 3.35. The van der Waals surface area contributed by atoms with Crippen LogP contribution in [0.3, 0.4) is 0 Å². The molecule has 0 aliphatic heterocycles. The van der Waals surface area contributed by atoms with E-state index in [0.29, 0.717) is 22.8 Å². The van der Waals surface area contributed by atoms with Gasteiger partial charge in [0.1, 0.15) is 0 Å². The van der Waals surface area contributed by atoms with Gasteiger partial charge in [-0.1, -0.05) is 52.3 Å². The van der Waals surface area contributed by atoms with Crippen LogP contribution >= 0.6 is 31.9 Å². The van der Waals surface area contributed by atoms with Gasteiger partial charge in [0.05, 0.1) is 29.8 Å². The van der Waals surface area contributed by atoms with Crippen LogP contribution in [0, 0.1) is 6.92 Å². The summed E-state index contributed by atoms with van der Waals surface area (Å²) in [5.74, 6) is 1.07. The third-order valence-electron chi connectivity index (χ3n) is 5.32. The number of carbonyl (C=O) groups is 1. The highest BCUT2D eigenvalue weighted by molar-refractivity contribution is 9.10. The Balaban J connectivity index is 1.85. The number of hydrogen-bond acceptors (Lipinski definition) is 4. The summed E-state index contributed by atoms with van der Waals surface area (Å²) in [4.78, 5) is 18.2. The molecule has 0 aliphatic carbocycles. The van der Waals surface area contributed by atoms with Crippen molar-refractivity contribution < 1.29 is 14.3 Å². The van der Waals surface area contributed by atoms with Crippen molar-refractivity contribution in [3.63, 3.8) is 0 Å². The molecule has 0 radical (unpaired) electrons. The van der Waals surface area contributed by atoms with Gasteiger partial charge in [-0.3, -0.25) is 9.78 Å². The number of ketones is 1. The summed E-state index contributed by atoms with van der Waals surface area (Å²) in [5.41, 5.74) is 4.77. The summed E-state index contributed by atoms with van der Waals surface area (Å²) in [5, 5.41) is 0.923. The van der Waals surface area contributed by atoms with Crippen LogP contribution in [-0.4, -0.2) is 25.0 Å². The monoisotopic (exact) mass is 565 g/mol. The molecular formula is C27H21Br2NO3. The second-order valence-electron chi connectivity index (χ2n) is 7.41. The third-order valence-corrected chi connectivity index (χ3v) is 6.40. The highest BCUT2D eigenvalue weighted by Crippen LogP contribution is 2.37. The van der Waals surface area contributed by atoms with Gasteiger partial charge in [-0.25, -0.2) is 0 Å². The Morgan fingerprint density at radius 2 is 1.73 bits per heavy atom. The van der Waals surface area contributed by atoms with Crippen LogP contribution in [0.5, 0.6) is 11.5 Å². The number of fused-ring (bicyclic) bond motifs is 1. The summed E-state index contributed by atoms with van der Waals surface area (Å²) in [7, 11) is 3.16. The minimum atomic E-state index is -0.119. The van der Waals surface area contributed by atoms with Crippen molar-refractivity contribution in [3.8, 4) is 22.6 Å². The number of nitrogens with zero attached hydrogens (tertiary/aromatic N) is 1. The summed E-state index contributed by atoms with van der Waals surface area (Å²) < 4.78 is 12.5. The molecule has 0 bridgehead atoms. The molecule has 1 aromatic heterocycles. The zero-order valence-corrected chi connectivity index (χ0v) is 21.5. The summed E-state index contributed by atoms with van der Waals surface area (Å²) >= 11 is 7.06. The summed E-state index contributed by atoms with van der Waals surface area (Å²) in [6, 6.07) is 19.6. The molecule has 33 heavy (non-hydrogen) atoms. The Morgan fingerprint density at radius 1 is 0.970 bits per heavy atom. The largest absolute Gasteiger partial charge is 0.493 e. The van der Waals surface area contributed by atoms with Gasteiger partial charge < -0.3 is 9.47 Å². The average molecular weight is 567 g/mol. The zero-order chi connectivity index (χ0) is 23.5. The smallest absolute Gasteiger partial charge is 0.188 e.